The normalized spacial score (nSPS) is 9.78. The fourth-order valence-electron chi connectivity index (χ4n) is 2.03. The maximum atomic E-state index is 12.1. The molecule has 5 nitrogen and oxygen atoms in total. The Hall–Kier alpha value is -3.00. The van der Waals surface area contributed by atoms with E-state index in [0.717, 1.165) is 11.3 Å². The molecule has 0 aliphatic carbocycles. The summed E-state index contributed by atoms with van der Waals surface area (Å²) in [6, 6.07) is 16.4. The fraction of sp³-hybridized carbons (Fsp3) is 0.222. The number of ether oxygens (including phenoxy) is 2. The number of rotatable bonds is 6. The molecule has 5 heteroatoms. The molecule has 2 rings (SSSR count). The molecule has 0 aliphatic rings. The number of para-hydroxylation sites is 1. The summed E-state index contributed by atoms with van der Waals surface area (Å²) in [6.07, 6.45) is 0. The highest BCUT2D eigenvalue weighted by Gasteiger charge is 2.11. The molecule has 0 saturated carbocycles. The Morgan fingerprint density at radius 3 is 2.52 bits per heavy atom. The number of methoxy groups -OCH3 is 1. The Morgan fingerprint density at radius 1 is 1.17 bits per heavy atom. The van der Waals surface area contributed by atoms with Gasteiger partial charge in [-0.1, -0.05) is 24.3 Å². The monoisotopic (exact) mass is 310 g/mol. The Balaban J connectivity index is 1.91. The Kier molecular flexibility index (Phi) is 5.59. The summed E-state index contributed by atoms with van der Waals surface area (Å²) >= 11 is 0. The third-order valence-corrected chi connectivity index (χ3v) is 3.36. The highest BCUT2D eigenvalue weighted by atomic mass is 16.5. The molecule has 2 aromatic carbocycles. The Bertz CT molecular complexity index is 705. The van der Waals surface area contributed by atoms with Crippen LogP contribution in [0.15, 0.2) is 48.5 Å². The summed E-state index contributed by atoms with van der Waals surface area (Å²) in [5.41, 5.74) is 1.41. The van der Waals surface area contributed by atoms with Crippen LogP contribution in [-0.4, -0.2) is 31.6 Å². The lowest BCUT2D eigenvalue weighted by molar-refractivity contribution is -0.132. The molecule has 0 fully saturated rings. The van der Waals surface area contributed by atoms with Gasteiger partial charge in [0.05, 0.1) is 12.7 Å². The molecule has 0 spiro atoms. The van der Waals surface area contributed by atoms with Crippen LogP contribution in [0.3, 0.4) is 0 Å². The average molecular weight is 310 g/mol. The first-order valence-corrected chi connectivity index (χ1v) is 7.13. The highest BCUT2D eigenvalue weighted by Crippen LogP contribution is 2.17. The predicted molar refractivity (Wildman–Crippen MR) is 86.1 cm³/mol. The first-order chi connectivity index (χ1) is 11.1. The molecule has 0 bridgehead atoms. The molecular weight excluding hydrogens is 292 g/mol. The third kappa shape index (κ3) is 4.48. The number of amides is 1. The van der Waals surface area contributed by atoms with Crippen LogP contribution in [0, 0.1) is 11.3 Å². The summed E-state index contributed by atoms with van der Waals surface area (Å²) in [4.78, 5) is 13.7. The molecule has 0 radical (unpaired) electrons. The lowest BCUT2D eigenvalue weighted by Crippen LogP contribution is -2.31. The molecule has 0 aromatic heterocycles. The van der Waals surface area contributed by atoms with E-state index in [1.807, 2.05) is 30.3 Å². The van der Waals surface area contributed by atoms with Gasteiger partial charge in [0, 0.05) is 13.6 Å². The standard InChI is InChI=1S/C18H18N2O3/c1-20(12-14-7-9-16(22-2)10-8-14)18(21)13-23-17-6-4-3-5-15(17)11-19/h3-10H,12-13H2,1-2H3. The van der Waals surface area contributed by atoms with Crippen molar-refractivity contribution in [3.8, 4) is 17.6 Å². The van der Waals surface area contributed by atoms with Crippen LogP contribution in [-0.2, 0) is 11.3 Å². The number of benzene rings is 2. The van der Waals surface area contributed by atoms with Gasteiger partial charge in [0.1, 0.15) is 17.6 Å². The van der Waals surface area contributed by atoms with Crippen LogP contribution in [0.4, 0.5) is 0 Å². The molecule has 2 aromatic rings. The second-order valence-corrected chi connectivity index (χ2v) is 4.99. The van der Waals surface area contributed by atoms with Crippen LogP contribution in [0.25, 0.3) is 0 Å². The number of likely N-dealkylation sites (N-methyl/N-ethyl adjacent to an activating group) is 1. The van der Waals surface area contributed by atoms with Crippen molar-refractivity contribution in [3.63, 3.8) is 0 Å². The molecule has 1 amide bonds. The summed E-state index contributed by atoms with van der Waals surface area (Å²) in [5.74, 6) is 1.04. The SMILES string of the molecule is COc1ccc(CN(C)C(=O)COc2ccccc2C#N)cc1. The van der Waals surface area contributed by atoms with E-state index in [1.165, 1.54) is 0 Å². The van der Waals surface area contributed by atoms with E-state index in [1.54, 1.807) is 43.3 Å². The van der Waals surface area contributed by atoms with Gasteiger partial charge in [-0.05, 0) is 29.8 Å². The van der Waals surface area contributed by atoms with Crippen LogP contribution in [0.1, 0.15) is 11.1 Å². The molecule has 118 valence electrons. The Morgan fingerprint density at radius 2 is 1.87 bits per heavy atom. The average Bonchev–Trinajstić information content (AvgIpc) is 2.60. The van der Waals surface area contributed by atoms with Crippen LogP contribution in [0.5, 0.6) is 11.5 Å². The van der Waals surface area contributed by atoms with Gasteiger partial charge in [0.25, 0.3) is 5.91 Å². The number of hydrogen-bond donors (Lipinski definition) is 0. The van der Waals surface area contributed by atoms with E-state index >= 15 is 0 Å². The maximum absolute atomic E-state index is 12.1. The first-order valence-electron chi connectivity index (χ1n) is 7.13. The predicted octanol–water partition coefficient (Wildman–Crippen LogP) is 2.60. The van der Waals surface area contributed by atoms with Crippen molar-refractivity contribution in [2.24, 2.45) is 0 Å². The van der Waals surface area contributed by atoms with Gasteiger partial charge in [-0.2, -0.15) is 5.26 Å². The summed E-state index contributed by atoms with van der Waals surface area (Å²) in [7, 11) is 3.33. The second-order valence-electron chi connectivity index (χ2n) is 4.99. The summed E-state index contributed by atoms with van der Waals surface area (Å²) in [6.45, 7) is 0.372. The quantitative estimate of drug-likeness (QED) is 0.823. The van der Waals surface area contributed by atoms with E-state index < -0.39 is 0 Å². The van der Waals surface area contributed by atoms with E-state index in [-0.39, 0.29) is 12.5 Å². The van der Waals surface area contributed by atoms with E-state index in [4.69, 9.17) is 14.7 Å². The van der Waals surface area contributed by atoms with Crippen molar-refractivity contribution >= 4 is 5.91 Å². The molecule has 0 aliphatic heterocycles. The topological polar surface area (TPSA) is 62.6 Å². The first kappa shape index (κ1) is 16.4. The molecular formula is C18H18N2O3. The van der Waals surface area contributed by atoms with Crippen LogP contribution in [0.2, 0.25) is 0 Å². The minimum Gasteiger partial charge on any atom is -0.497 e. The Labute approximate surface area is 135 Å². The molecule has 0 unspecified atom stereocenters. The van der Waals surface area contributed by atoms with Gasteiger partial charge in [-0.15, -0.1) is 0 Å². The van der Waals surface area contributed by atoms with Crippen molar-refractivity contribution in [1.29, 1.82) is 5.26 Å². The van der Waals surface area contributed by atoms with E-state index in [9.17, 15) is 4.79 Å². The zero-order valence-electron chi connectivity index (χ0n) is 13.2. The lowest BCUT2D eigenvalue weighted by atomic mass is 10.2. The maximum Gasteiger partial charge on any atom is 0.260 e. The minimum atomic E-state index is -0.159. The van der Waals surface area contributed by atoms with Crippen molar-refractivity contribution in [1.82, 2.24) is 4.90 Å². The zero-order valence-corrected chi connectivity index (χ0v) is 13.2. The highest BCUT2D eigenvalue weighted by molar-refractivity contribution is 5.77. The van der Waals surface area contributed by atoms with Gasteiger partial charge in [0.2, 0.25) is 0 Å². The number of carbonyl (C=O) groups is 1. The van der Waals surface area contributed by atoms with Crippen molar-refractivity contribution in [2.75, 3.05) is 20.8 Å². The van der Waals surface area contributed by atoms with Crippen LogP contribution >= 0.6 is 0 Å². The lowest BCUT2D eigenvalue weighted by Gasteiger charge is -2.18. The zero-order chi connectivity index (χ0) is 16.7. The van der Waals surface area contributed by atoms with Gasteiger partial charge in [-0.3, -0.25) is 4.79 Å². The van der Waals surface area contributed by atoms with E-state index in [0.29, 0.717) is 17.9 Å². The molecule has 0 N–H and O–H groups in total. The van der Waals surface area contributed by atoms with Gasteiger partial charge >= 0.3 is 0 Å². The number of hydrogen-bond acceptors (Lipinski definition) is 4. The largest absolute Gasteiger partial charge is 0.497 e. The molecule has 0 saturated heterocycles. The van der Waals surface area contributed by atoms with Crippen molar-refractivity contribution in [2.45, 2.75) is 6.54 Å². The third-order valence-electron chi connectivity index (χ3n) is 3.36. The van der Waals surface area contributed by atoms with E-state index in [2.05, 4.69) is 0 Å². The van der Waals surface area contributed by atoms with Crippen molar-refractivity contribution < 1.29 is 14.3 Å². The molecule has 23 heavy (non-hydrogen) atoms. The van der Waals surface area contributed by atoms with Gasteiger partial charge in [-0.25, -0.2) is 0 Å². The number of nitriles is 1. The smallest absolute Gasteiger partial charge is 0.260 e. The molecule has 0 heterocycles. The number of carbonyl (C=O) groups excluding carboxylic acids is 1. The van der Waals surface area contributed by atoms with Crippen LogP contribution < -0.4 is 9.47 Å². The second kappa shape index (κ2) is 7.85. The number of nitrogens with zero attached hydrogens (tertiary/aromatic N) is 2. The van der Waals surface area contributed by atoms with Crippen molar-refractivity contribution in [3.05, 3.63) is 59.7 Å². The molecule has 0 atom stereocenters. The summed E-state index contributed by atoms with van der Waals surface area (Å²) in [5, 5.41) is 8.99. The fourth-order valence-corrected chi connectivity index (χ4v) is 2.03. The minimum absolute atomic E-state index is 0.106. The summed E-state index contributed by atoms with van der Waals surface area (Å²) < 4.78 is 10.6. The van der Waals surface area contributed by atoms with Gasteiger partial charge < -0.3 is 14.4 Å². The van der Waals surface area contributed by atoms with Gasteiger partial charge in [0.15, 0.2) is 6.61 Å².